The second kappa shape index (κ2) is 5.91. The van der Waals surface area contributed by atoms with Gasteiger partial charge in [0.1, 0.15) is 0 Å². The molecule has 4 heteroatoms. The van der Waals surface area contributed by atoms with Crippen LogP contribution in [-0.2, 0) is 11.3 Å². The Kier molecular flexibility index (Phi) is 4.49. The molecule has 0 bridgehead atoms. The van der Waals surface area contributed by atoms with Crippen LogP contribution in [0.5, 0.6) is 0 Å². The molecular formula is C14H21ClN2O. The predicted octanol–water partition coefficient (Wildman–Crippen LogP) is 2.67. The van der Waals surface area contributed by atoms with Crippen LogP contribution in [-0.4, -0.2) is 32.3 Å². The average molecular weight is 269 g/mol. The van der Waals surface area contributed by atoms with E-state index in [0.29, 0.717) is 6.04 Å². The van der Waals surface area contributed by atoms with Crippen LogP contribution < -0.4 is 10.2 Å². The van der Waals surface area contributed by atoms with Gasteiger partial charge in [0.25, 0.3) is 0 Å². The molecule has 1 heterocycles. The first-order valence-electron chi connectivity index (χ1n) is 6.43. The van der Waals surface area contributed by atoms with Gasteiger partial charge in [0.2, 0.25) is 0 Å². The largest absolute Gasteiger partial charge is 0.375 e. The molecule has 2 unspecified atom stereocenters. The Bertz CT molecular complexity index is 411. The molecule has 0 aliphatic carbocycles. The lowest BCUT2D eigenvalue weighted by atomic mass is 10.1. The second-order valence-electron chi connectivity index (χ2n) is 4.95. The summed E-state index contributed by atoms with van der Waals surface area (Å²) in [4.78, 5) is 2.40. The van der Waals surface area contributed by atoms with Crippen LogP contribution in [0.4, 0.5) is 5.69 Å². The highest BCUT2D eigenvalue weighted by Crippen LogP contribution is 2.28. The number of rotatable bonds is 3. The van der Waals surface area contributed by atoms with Crippen molar-refractivity contribution in [1.82, 2.24) is 5.32 Å². The van der Waals surface area contributed by atoms with Crippen molar-refractivity contribution < 1.29 is 4.74 Å². The van der Waals surface area contributed by atoms with Crippen molar-refractivity contribution in [2.45, 2.75) is 32.5 Å². The van der Waals surface area contributed by atoms with Gasteiger partial charge >= 0.3 is 0 Å². The Labute approximate surface area is 114 Å². The molecule has 2 rings (SSSR count). The van der Waals surface area contributed by atoms with Gasteiger partial charge in [-0.15, -0.1) is 0 Å². The Balaban J connectivity index is 2.32. The van der Waals surface area contributed by atoms with Crippen LogP contribution in [0.3, 0.4) is 0 Å². The molecule has 1 aromatic rings. The summed E-state index contributed by atoms with van der Waals surface area (Å²) < 4.78 is 5.68. The van der Waals surface area contributed by atoms with Crippen LogP contribution in [0.15, 0.2) is 18.2 Å². The SMILES string of the molecule is CNCc1ccc(Cl)cc1N1CC(C)OCC1C. The molecular weight excluding hydrogens is 248 g/mol. The zero-order valence-corrected chi connectivity index (χ0v) is 12.0. The second-order valence-corrected chi connectivity index (χ2v) is 5.39. The zero-order chi connectivity index (χ0) is 13.1. The summed E-state index contributed by atoms with van der Waals surface area (Å²) in [6.45, 7) is 6.84. The molecule has 1 aromatic carbocycles. The highest BCUT2D eigenvalue weighted by Gasteiger charge is 2.25. The lowest BCUT2D eigenvalue weighted by Gasteiger charge is -2.39. The van der Waals surface area contributed by atoms with Gasteiger partial charge in [-0.3, -0.25) is 0 Å². The molecule has 0 amide bonds. The first-order valence-corrected chi connectivity index (χ1v) is 6.81. The molecule has 1 aliphatic rings. The lowest BCUT2D eigenvalue weighted by Crippen LogP contribution is -2.47. The summed E-state index contributed by atoms with van der Waals surface area (Å²) in [5, 5.41) is 4.00. The number of anilines is 1. The van der Waals surface area contributed by atoms with Gasteiger partial charge in [0, 0.05) is 29.8 Å². The van der Waals surface area contributed by atoms with Crippen molar-refractivity contribution in [2.24, 2.45) is 0 Å². The Hall–Kier alpha value is -0.770. The van der Waals surface area contributed by atoms with Crippen LogP contribution in [0.2, 0.25) is 5.02 Å². The smallest absolute Gasteiger partial charge is 0.0723 e. The van der Waals surface area contributed by atoms with Crippen molar-refractivity contribution in [2.75, 3.05) is 25.1 Å². The topological polar surface area (TPSA) is 24.5 Å². The summed E-state index contributed by atoms with van der Waals surface area (Å²) in [5.74, 6) is 0. The number of ether oxygens (including phenoxy) is 1. The van der Waals surface area contributed by atoms with Gasteiger partial charge in [-0.05, 0) is 38.6 Å². The number of morpholine rings is 1. The third-order valence-corrected chi connectivity index (χ3v) is 3.57. The molecule has 0 saturated carbocycles. The highest BCUT2D eigenvalue weighted by molar-refractivity contribution is 6.30. The maximum absolute atomic E-state index is 6.14. The van der Waals surface area contributed by atoms with E-state index in [1.54, 1.807) is 0 Å². The molecule has 1 aliphatic heterocycles. The zero-order valence-electron chi connectivity index (χ0n) is 11.2. The fourth-order valence-electron chi connectivity index (χ4n) is 2.38. The molecule has 18 heavy (non-hydrogen) atoms. The van der Waals surface area contributed by atoms with Crippen molar-refractivity contribution in [3.63, 3.8) is 0 Å². The van der Waals surface area contributed by atoms with Crippen LogP contribution in [0.1, 0.15) is 19.4 Å². The minimum atomic E-state index is 0.266. The van der Waals surface area contributed by atoms with E-state index in [4.69, 9.17) is 16.3 Å². The molecule has 0 radical (unpaired) electrons. The molecule has 0 spiro atoms. The van der Waals surface area contributed by atoms with Gasteiger partial charge in [0.15, 0.2) is 0 Å². The first kappa shape index (κ1) is 13.7. The summed E-state index contributed by atoms with van der Waals surface area (Å²) in [5.41, 5.74) is 2.50. The highest BCUT2D eigenvalue weighted by atomic mass is 35.5. The number of benzene rings is 1. The Morgan fingerprint density at radius 2 is 2.22 bits per heavy atom. The third-order valence-electron chi connectivity index (χ3n) is 3.33. The van der Waals surface area contributed by atoms with Crippen molar-refractivity contribution >= 4 is 17.3 Å². The monoisotopic (exact) mass is 268 g/mol. The summed E-state index contributed by atoms with van der Waals surface area (Å²) in [7, 11) is 1.96. The third kappa shape index (κ3) is 2.97. The number of halogens is 1. The van der Waals surface area contributed by atoms with E-state index in [1.165, 1.54) is 11.3 Å². The minimum absolute atomic E-state index is 0.266. The van der Waals surface area contributed by atoms with E-state index >= 15 is 0 Å². The van der Waals surface area contributed by atoms with E-state index in [-0.39, 0.29) is 6.10 Å². The number of hydrogen-bond donors (Lipinski definition) is 1. The van der Waals surface area contributed by atoms with Crippen molar-refractivity contribution in [3.05, 3.63) is 28.8 Å². The fourth-order valence-corrected chi connectivity index (χ4v) is 2.55. The van der Waals surface area contributed by atoms with E-state index < -0.39 is 0 Å². The number of hydrogen-bond acceptors (Lipinski definition) is 3. The molecule has 1 N–H and O–H groups in total. The summed E-state index contributed by atoms with van der Waals surface area (Å²) >= 11 is 6.14. The molecule has 100 valence electrons. The summed E-state index contributed by atoms with van der Waals surface area (Å²) in [6, 6.07) is 6.49. The van der Waals surface area contributed by atoms with Crippen LogP contribution >= 0.6 is 11.6 Å². The van der Waals surface area contributed by atoms with E-state index in [2.05, 4.69) is 36.2 Å². The standard InChI is InChI=1S/C14H21ClN2O/c1-10-9-18-11(2)8-17(10)14-6-13(15)5-4-12(14)7-16-3/h4-6,10-11,16H,7-9H2,1-3H3. The first-order chi connectivity index (χ1) is 8.61. The van der Waals surface area contributed by atoms with Crippen LogP contribution in [0, 0.1) is 0 Å². The minimum Gasteiger partial charge on any atom is -0.375 e. The van der Waals surface area contributed by atoms with Crippen molar-refractivity contribution in [3.8, 4) is 0 Å². The quantitative estimate of drug-likeness (QED) is 0.912. The number of nitrogens with zero attached hydrogens (tertiary/aromatic N) is 1. The van der Waals surface area contributed by atoms with Gasteiger partial charge in [-0.1, -0.05) is 17.7 Å². The van der Waals surface area contributed by atoms with E-state index in [9.17, 15) is 0 Å². The number of nitrogens with one attached hydrogen (secondary N) is 1. The fraction of sp³-hybridized carbons (Fsp3) is 0.571. The van der Waals surface area contributed by atoms with Gasteiger partial charge in [0.05, 0.1) is 12.7 Å². The van der Waals surface area contributed by atoms with E-state index in [0.717, 1.165) is 24.7 Å². The Morgan fingerprint density at radius 1 is 1.44 bits per heavy atom. The maximum Gasteiger partial charge on any atom is 0.0723 e. The molecule has 1 saturated heterocycles. The van der Waals surface area contributed by atoms with Crippen LogP contribution in [0.25, 0.3) is 0 Å². The van der Waals surface area contributed by atoms with Gasteiger partial charge in [-0.2, -0.15) is 0 Å². The molecule has 1 fully saturated rings. The van der Waals surface area contributed by atoms with Gasteiger partial charge < -0.3 is 15.0 Å². The van der Waals surface area contributed by atoms with Crippen molar-refractivity contribution in [1.29, 1.82) is 0 Å². The molecule has 2 atom stereocenters. The molecule has 3 nitrogen and oxygen atoms in total. The Morgan fingerprint density at radius 3 is 2.94 bits per heavy atom. The molecule has 0 aromatic heterocycles. The average Bonchev–Trinajstić information content (AvgIpc) is 2.35. The maximum atomic E-state index is 6.14. The normalized spacial score (nSPS) is 24.3. The lowest BCUT2D eigenvalue weighted by molar-refractivity contribution is 0.0343. The van der Waals surface area contributed by atoms with Gasteiger partial charge in [-0.25, -0.2) is 0 Å². The van der Waals surface area contributed by atoms with E-state index in [1.807, 2.05) is 13.1 Å². The summed E-state index contributed by atoms with van der Waals surface area (Å²) in [6.07, 6.45) is 0.266. The predicted molar refractivity (Wildman–Crippen MR) is 76.4 cm³/mol.